The Morgan fingerprint density at radius 1 is 1.67 bits per heavy atom. The van der Waals surface area contributed by atoms with Crippen molar-refractivity contribution in [2.75, 3.05) is 0 Å². The zero-order valence-electron chi connectivity index (χ0n) is 2.96. The highest BCUT2D eigenvalue weighted by molar-refractivity contribution is 7.96. The topological polar surface area (TPSA) is 64.4 Å². The zero-order valence-corrected chi connectivity index (χ0v) is 4.67. The Balaban J connectivity index is 3.41. The third-order valence-corrected chi connectivity index (χ3v) is 0.714. The van der Waals surface area contributed by atoms with Gasteiger partial charge in [-0.2, -0.15) is 4.76 Å². The summed E-state index contributed by atoms with van der Waals surface area (Å²) in [5, 5.41) is 0. The van der Waals surface area contributed by atoms with Crippen molar-refractivity contribution in [1.29, 1.82) is 0 Å². The van der Waals surface area contributed by atoms with E-state index < -0.39 is 0 Å². The molecule has 0 aliphatic rings. The second kappa shape index (κ2) is 3.00. The molecule has 6 heavy (non-hydrogen) atoms. The molecule has 5 heteroatoms. The van der Waals surface area contributed by atoms with E-state index >= 15 is 0 Å². The van der Waals surface area contributed by atoms with Crippen LogP contribution >= 0.6 is 7.51 Å². The number of nitrogens with zero attached hydrogens (tertiary/aromatic N) is 1. The van der Waals surface area contributed by atoms with Crippen LogP contribution in [0.1, 0.15) is 0 Å². The van der Waals surface area contributed by atoms with Crippen LogP contribution in [0.5, 0.6) is 0 Å². The van der Waals surface area contributed by atoms with Gasteiger partial charge in [0.15, 0.2) is 5.96 Å². The molecular weight excluding hydrogens is 117 g/mol. The summed E-state index contributed by atoms with van der Waals surface area (Å²) in [6.45, 7) is 0. The number of nitrogens with two attached hydrogens (primary N) is 2. The summed E-state index contributed by atoms with van der Waals surface area (Å²) in [6.07, 6.45) is 0. The van der Waals surface area contributed by atoms with Crippen molar-refractivity contribution < 1.29 is 0 Å². The lowest BCUT2D eigenvalue weighted by Crippen LogP contribution is -2.21. The molecule has 0 aliphatic carbocycles. The van der Waals surface area contributed by atoms with Crippen molar-refractivity contribution in [2.24, 2.45) is 16.2 Å². The van der Waals surface area contributed by atoms with Crippen molar-refractivity contribution in [2.45, 2.75) is 0 Å². The monoisotopic (exact) mass is 121 g/mol. The van der Waals surface area contributed by atoms with Gasteiger partial charge in [0.1, 0.15) is 7.51 Å². The van der Waals surface area contributed by atoms with Gasteiger partial charge in [0.25, 0.3) is 0 Å². The van der Waals surface area contributed by atoms with Gasteiger partial charge in [-0.05, 0) is 11.8 Å². The number of hydrogen-bond donors (Lipinski definition) is 2. The Bertz CT molecular complexity index is 74.9. The van der Waals surface area contributed by atoms with Gasteiger partial charge in [-0.25, -0.2) is 0 Å². The summed E-state index contributed by atoms with van der Waals surface area (Å²) in [4.78, 5) is 0. The average Bonchev–Trinajstić information content (AvgIpc) is 1.35. The minimum Gasteiger partial charge on any atom is -0.370 e. The zero-order chi connectivity index (χ0) is 4.99. The van der Waals surface area contributed by atoms with Crippen LogP contribution in [0.3, 0.4) is 0 Å². The molecule has 0 aliphatic heterocycles. The molecule has 0 rings (SSSR count). The van der Waals surface area contributed by atoms with E-state index in [1.165, 1.54) is 0 Å². The summed E-state index contributed by atoms with van der Waals surface area (Å²) >= 11 is 4.35. The Hall–Kier alpha value is -0.210. The Morgan fingerprint density at radius 2 is 2.17 bits per heavy atom. The van der Waals surface area contributed by atoms with E-state index in [4.69, 9.17) is 11.5 Å². The first-order chi connectivity index (χ1) is 2.77. The molecule has 4 N–H and O–H groups in total. The minimum atomic E-state index is 0.0478. The first-order valence-electron chi connectivity index (χ1n) is 1.18. The Labute approximate surface area is 42.3 Å². The fraction of sp³-hybridized carbons (Fsp3) is 0. The summed E-state index contributed by atoms with van der Waals surface area (Å²) in [5.41, 5.74) is 9.71. The lowest BCUT2D eigenvalue weighted by Gasteiger charge is -1.76. The molecule has 0 saturated carbocycles. The third-order valence-electron chi connectivity index (χ3n) is 0.156. The van der Waals surface area contributed by atoms with Crippen LogP contribution in [0.25, 0.3) is 0 Å². The number of hydrogen-bond acceptors (Lipinski definition) is 1. The molecular formula is CH4N3PS. The van der Waals surface area contributed by atoms with Crippen LogP contribution in [0.4, 0.5) is 0 Å². The molecule has 0 atom stereocenters. The fourth-order valence-corrected chi connectivity index (χ4v) is 0.424. The molecule has 0 aromatic rings. The van der Waals surface area contributed by atoms with Gasteiger partial charge < -0.3 is 11.5 Å². The van der Waals surface area contributed by atoms with Gasteiger partial charge in [0, 0.05) is 0 Å². The lowest BCUT2D eigenvalue weighted by atomic mass is 11.1. The lowest BCUT2D eigenvalue weighted by molar-refractivity contribution is 1.54. The van der Waals surface area contributed by atoms with Crippen LogP contribution in [0.15, 0.2) is 4.76 Å². The maximum Gasteiger partial charge on any atom is 0.195 e. The maximum atomic E-state index is 4.86. The highest BCUT2D eigenvalue weighted by atomic mass is 32.4. The summed E-state index contributed by atoms with van der Waals surface area (Å²) < 4.78 is 3.38. The molecule has 0 amide bonds. The van der Waals surface area contributed by atoms with Crippen molar-refractivity contribution >= 4 is 25.3 Å². The standard InChI is InChI=1S/CH4N3PS/c2-1(3)4-5-6/h(H4,2,3,4,6). The van der Waals surface area contributed by atoms with Gasteiger partial charge in [0.05, 0.1) is 0 Å². The molecule has 34 valence electrons. The normalized spacial score (nSPS) is 8.00. The van der Waals surface area contributed by atoms with Crippen LogP contribution < -0.4 is 11.5 Å². The Kier molecular flexibility index (Phi) is 2.89. The van der Waals surface area contributed by atoms with Crippen molar-refractivity contribution in [3.63, 3.8) is 0 Å². The fourth-order valence-electron chi connectivity index (χ4n) is 0.0471. The van der Waals surface area contributed by atoms with Crippen LogP contribution in [0.2, 0.25) is 0 Å². The minimum absolute atomic E-state index is 0.0478. The SMILES string of the molecule is NC(N)=NP=S. The first-order valence-corrected chi connectivity index (χ1v) is 3.04. The molecule has 0 fully saturated rings. The second-order valence-corrected chi connectivity index (χ2v) is 1.46. The average molecular weight is 121 g/mol. The van der Waals surface area contributed by atoms with Gasteiger partial charge >= 0.3 is 0 Å². The number of guanidine groups is 1. The molecule has 0 aromatic carbocycles. The molecule has 0 bridgehead atoms. The summed E-state index contributed by atoms with van der Waals surface area (Å²) in [5.74, 6) is 0.0478. The van der Waals surface area contributed by atoms with E-state index in [-0.39, 0.29) is 5.96 Å². The van der Waals surface area contributed by atoms with Crippen LogP contribution in [-0.4, -0.2) is 5.96 Å². The van der Waals surface area contributed by atoms with E-state index in [9.17, 15) is 0 Å². The van der Waals surface area contributed by atoms with Crippen LogP contribution in [0, 0.1) is 0 Å². The highest BCUT2D eigenvalue weighted by Gasteiger charge is 1.66. The highest BCUT2D eigenvalue weighted by Crippen LogP contribution is 1.87. The Morgan fingerprint density at radius 3 is 2.17 bits per heavy atom. The molecule has 0 aromatic heterocycles. The van der Waals surface area contributed by atoms with Gasteiger partial charge in [-0.15, -0.1) is 0 Å². The molecule has 3 nitrogen and oxygen atoms in total. The van der Waals surface area contributed by atoms with E-state index in [0.717, 1.165) is 0 Å². The second-order valence-electron chi connectivity index (χ2n) is 0.607. The van der Waals surface area contributed by atoms with Gasteiger partial charge in [-0.3, -0.25) is 0 Å². The predicted octanol–water partition coefficient (Wildman–Crippen LogP) is -0.417. The maximum absolute atomic E-state index is 4.86. The first kappa shape index (κ1) is 5.79. The number of rotatable bonds is 1. The van der Waals surface area contributed by atoms with Crippen molar-refractivity contribution in [3.8, 4) is 0 Å². The molecule has 0 heterocycles. The van der Waals surface area contributed by atoms with Gasteiger partial charge in [0.2, 0.25) is 0 Å². The third kappa shape index (κ3) is 3.79. The molecule has 0 radical (unpaired) electrons. The van der Waals surface area contributed by atoms with Crippen LogP contribution in [-0.2, 0) is 11.8 Å². The molecule has 0 saturated heterocycles. The van der Waals surface area contributed by atoms with Crippen molar-refractivity contribution in [1.82, 2.24) is 0 Å². The van der Waals surface area contributed by atoms with E-state index in [1.54, 1.807) is 0 Å². The quantitative estimate of drug-likeness (QED) is 0.281. The summed E-state index contributed by atoms with van der Waals surface area (Å²) in [7, 11) is 0.445. The molecule has 0 unspecified atom stereocenters. The summed E-state index contributed by atoms with van der Waals surface area (Å²) in [6, 6.07) is 0. The van der Waals surface area contributed by atoms with Crippen molar-refractivity contribution in [3.05, 3.63) is 0 Å². The van der Waals surface area contributed by atoms with E-state index in [2.05, 4.69) is 16.6 Å². The molecule has 0 spiro atoms. The van der Waals surface area contributed by atoms with Gasteiger partial charge in [-0.1, -0.05) is 0 Å². The predicted molar refractivity (Wildman–Crippen MR) is 30.1 cm³/mol. The van der Waals surface area contributed by atoms with E-state index in [1.807, 2.05) is 0 Å². The smallest absolute Gasteiger partial charge is 0.195 e. The van der Waals surface area contributed by atoms with E-state index in [0.29, 0.717) is 7.51 Å². The largest absolute Gasteiger partial charge is 0.370 e.